The van der Waals surface area contributed by atoms with E-state index in [1.54, 1.807) is 12.1 Å². The molecule has 1 heterocycles. The molecule has 1 unspecified atom stereocenters. The molecule has 1 atom stereocenters. The Morgan fingerprint density at radius 1 is 1.36 bits per heavy atom. The van der Waals surface area contributed by atoms with E-state index < -0.39 is 23.4 Å². The highest BCUT2D eigenvalue weighted by Crippen LogP contribution is 2.35. The lowest BCUT2D eigenvalue weighted by atomic mass is 9.95. The van der Waals surface area contributed by atoms with Gasteiger partial charge in [0.2, 0.25) is 0 Å². The van der Waals surface area contributed by atoms with E-state index in [2.05, 4.69) is 21.8 Å². The standard InChI is InChI=1S/C23H21F2N5O2S/c1-32-19-12-29-18(21(24)25)11-17(19)16-10-14(8-9-26)4-6-15(16)22(31)30-23(28)33-20(27)7-5-13-2-3-13/h4,6,10-13,20-21H,2-3,8,27H2,1H3,(H2,28,30,31). The number of aliphatic imine (C=N–C) groups is 1. The van der Waals surface area contributed by atoms with Gasteiger partial charge in [0.15, 0.2) is 5.17 Å². The van der Waals surface area contributed by atoms with Gasteiger partial charge in [-0.05, 0) is 42.2 Å². The van der Waals surface area contributed by atoms with E-state index in [1.807, 2.05) is 6.07 Å². The minimum atomic E-state index is -2.82. The quantitative estimate of drug-likeness (QED) is 0.286. The van der Waals surface area contributed by atoms with Crippen LogP contribution in [-0.4, -0.2) is 28.5 Å². The molecular weight excluding hydrogens is 448 g/mol. The average Bonchev–Trinajstić information content (AvgIpc) is 3.61. The molecule has 1 aliphatic rings. The molecule has 2 aromatic rings. The van der Waals surface area contributed by atoms with E-state index in [-0.39, 0.29) is 34.0 Å². The number of amidine groups is 1. The highest BCUT2D eigenvalue weighted by Gasteiger charge is 2.21. The SMILES string of the molecule is COc1cnc(C(F)F)cc1-c1cc(CC#N)ccc1C(=O)N=C(N)SC(N)C#CC1CC1. The molecule has 4 N–H and O–H groups in total. The van der Waals surface area contributed by atoms with Crippen molar-refractivity contribution >= 4 is 22.8 Å². The topological polar surface area (TPSA) is 127 Å². The van der Waals surface area contributed by atoms with Crippen LogP contribution >= 0.6 is 11.8 Å². The summed E-state index contributed by atoms with van der Waals surface area (Å²) in [6.45, 7) is 0. The first-order valence-corrected chi connectivity index (χ1v) is 10.8. The molecule has 0 spiro atoms. The molecule has 0 radical (unpaired) electrons. The van der Waals surface area contributed by atoms with Crippen LogP contribution in [0.1, 0.15) is 40.9 Å². The second-order valence-corrected chi connectivity index (χ2v) is 8.34. The molecule has 1 aromatic heterocycles. The minimum Gasteiger partial charge on any atom is -0.494 e. The first-order chi connectivity index (χ1) is 15.8. The normalized spacial score (nSPS) is 14.2. The summed E-state index contributed by atoms with van der Waals surface area (Å²) in [6, 6.07) is 7.80. The number of aromatic nitrogens is 1. The Bertz CT molecular complexity index is 1180. The van der Waals surface area contributed by atoms with Gasteiger partial charge in [-0.1, -0.05) is 29.7 Å². The van der Waals surface area contributed by atoms with Crippen molar-refractivity contribution in [1.29, 1.82) is 5.26 Å². The third-order valence-corrected chi connectivity index (χ3v) is 5.39. The molecule has 3 rings (SSSR count). The summed E-state index contributed by atoms with van der Waals surface area (Å²) in [4.78, 5) is 20.6. The van der Waals surface area contributed by atoms with Crippen molar-refractivity contribution in [3.8, 4) is 34.8 Å². The summed E-state index contributed by atoms with van der Waals surface area (Å²) in [7, 11) is 1.36. The fourth-order valence-corrected chi connectivity index (χ4v) is 3.45. The molecule has 7 nitrogen and oxygen atoms in total. The Balaban J connectivity index is 1.99. The molecule has 1 amide bonds. The van der Waals surface area contributed by atoms with Gasteiger partial charge in [0.1, 0.15) is 16.8 Å². The second kappa shape index (κ2) is 10.9. The number of hydrogen-bond donors (Lipinski definition) is 2. The number of thioether (sulfide) groups is 1. The van der Waals surface area contributed by atoms with E-state index in [0.29, 0.717) is 11.5 Å². The van der Waals surface area contributed by atoms with Crippen molar-refractivity contribution in [1.82, 2.24) is 4.98 Å². The predicted octanol–water partition coefficient (Wildman–Crippen LogP) is 3.65. The number of halogens is 2. The van der Waals surface area contributed by atoms with Crippen LogP contribution in [-0.2, 0) is 6.42 Å². The molecule has 170 valence electrons. The molecule has 0 aliphatic heterocycles. The first-order valence-electron chi connectivity index (χ1n) is 9.96. The number of nitrogens with two attached hydrogens (primary N) is 2. The maximum atomic E-state index is 13.3. The molecule has 1 fully saturated rings. The number of carbonyl (C=O) groups is 1. The zero-order valence-electron chi connectivity index (χ0n) is 17.7. The Kier molecular flexibility index (Phi) is 7.99. The highest BCUT2D eigenvalue weighted by molar-refractivity contribution is 8.14. The molecule has 0 saturated heterocycles. The van der Waals surface area contributed by atoms with E-state index in [0.717, 1.165) is 36.9 Å². The summed E-state index contributed by atoms with van der Waals surface area (Å²) < 4.78 is 31.9. The van der Waals surface area contributed by atoms with Gasteiger partial charge >= 0.3 is 0 Å². The number of pyridine rings is 1. The van der Waals surface area contributed by atoms with Gasteiger partial charge in [-0.15, -0.1) is 0 Å². The van der Waals surface area contributed by atoms with Crippen molar-refractivity contribution < 1.29 is 18.3 Å². The molecule has 1 aliphatic carbocycles. The number of alkyl halides is 2. The fourth-order valence-electron chi connectivity index (χ4n) is 2.93. The van der Waals surface area contributed by atoms with Crippen molar-refractivity contribution in [3.63, 3.8) is 0 Å². The van der Waals surface area contributed by atoms with Crippen molar-refractivity contribution in [2.45, 2.75) is 31.1 Å². The number of methoxy groups -OCH3 is 1. The third kappa shape index (κ3) is 6.51. The van der Waals surface area contributed by atoms with Gasteiger partial charge in [0, 0.05) is 17.0 Å². The zero-order valence-corrected chi connectivity index (χ0v) is 18.5. The smallest absolute Gasteiger partial charge is 0.280 e. The van der Waals surface area contributed by atoms with Crippen LogP contribution in [0.4, 0.5) is 8.78 Å². The van der Waals surface area contributed by atoms with E-state index in [9.17, 15) is 13.6 Å². The average molecular weight is 470 g/mol. The Morgan fingerprint density at radius 2 is 2.12 bits per heavy atom. The number of rotatable bonds is 6. The van der Waals surface area contributed by atoms with E-state index in [4.69, 9.17) is 21.5 Å². The lowest BCUT2D eigenvalue weighted by molar-refractivity contribution is 0.100. The van der Waals surface area contributed by atoms with Crippen molar-refractivity contribution in [2.24, 2.45) is 22.4 Å². The lowest BCUT2D eigenvalue weighted by Crippen LogP contribution is -2.21. The summed E-state index contributed by atoms with van der Waals surface area (Å²) in [5.74, 6) is 5.76. The monoisotopic (exact) mass is 469 g/mol. The minimum absolute atomic E-state index is 0.0619. The Morgan fingerprint density at radius 3 is 2.76 bits per heavy atom. The number of carbonyl (C=O) groups excluding carboxylic acids is 1. The van der Waals surface area contributed by atoms with Crippen LogP contribution in [0.15, 0.2) is 35.5 Å². The summed E-state index contributed by atoms with van der Waals surface area (Å²) in [5, 5.41) is 8.35. The third-order valence-electron chi connectivity index (χ3n) is 4.69. The number of ether oxygens (including phenoxy) is 1. The molecular formula is C23H21F2N5O2S. The van der Waals surface area contributed by atoms with Crippen LogP contribution in [0.2, 0.25) is 0 Å². The summed E-state index contributed by atoms with van der Waals surface area (Å²) in [5.41, 5.74) is 12.5. The largest absolute Gasteiger partial charge is 0.494 e. The summed E-state index contributed by atoms with van der Waals surface area (Å²) >= 11 is 0.953. The summed E-state index contributed by atoms with van der Waals surface area (Å²) in [6.07, 6.45) is 0.518. The van der Waals surface area contributed by atoms with Gasteiger partial charge in [-0.25, -0.2) is 8.78 Å². The maximum Gasteiger partial charge on any atom is 0.280 e. The van der Waals surface area contributed by atoms with Gasteiger partial charge in [-0.3, -0.25) is 9.78 Å². The van der Waals surface area contributed by atoms with Crippen LogP contribution in [0.3, 0.4) is 0 Å². The van der Waals surface area contributed by atoms with Gasteiger partial charge in [0.25, 0.3) is 12.3 Å². The Labute approximate surface area is 194 Å². The lowest BCUT2D eigenvalue weighted by Gasteiger charge is -2.14. The van der Waals surface area contributed by atoms with Gasteiger partial charge in [0.05, 0.1) is 25.8 Å². The number of hydrogen-bond acceptors (Lipinski definition) is 6. The number of nitriles is 1. The van der Waals surface area contributed by atoms with Crippen LogP contribution < -0.4 is 16.2 Å². The first kappa shape index (κ1) is 24.2. The molecule has 1 saturated carbocycles. The number of amides is 1. The number of benzene rings is 1. The van der Waals surface area contributed by atoms with Crippen molar-refractivity contribution in [2.75, 3.05) is 7.11 Å². The highest BCUT2D eigenvalue weighted by atomic mass is 32.2. The fraction of sp³-hybridized carbons (Fsp3) is 0.304. The van der Waals surface area contributed by atoms with E-state index in [1.165, 1.54) is 13.2 Å². The molecule has 33 heavy (non-hydrogen) atoms. The maximum absolute atomic E-state index is 13.3. The van der Waals surface area contributed by atoms with E-state index >= 15 is 0 Å². The van der Waals surface area contributed by atoms with Crippen LogP contribution in [0.25, 0.3) is 11.1 Å². The molecule has 0 bridgehead atoms. The second-order valence-electron chi connectivity index (χ2n) is 7.18. The van der Waals surface area contributed by atoms with Crippen LogP contribution in [0.5, 0.6) is 5.75 Å². The molecule has 10 heteroatoms. The van der Waals surface area contributed by atoms with Crippen molar-refractivity contribution in [3.05, 3.63) is 47.3 Å². The molecule has 1 aromatic carbocycles. The zero-order chi connectivity index (χ0) is 24.0. The predicted molar refractivity (Wildman–Crippen MR) is 123 cm³/mol. The van der Waals surface area contributed by atoms with Gasteiger partial charge < -0.3 is 16.2 Å². The number of nitrogens with zero attached hydrogens (tertiary/aromatic N) is 3. The van der Waals surface area contributed by atoms with Crippen LogP contribution in [0, 0.1) is 29.1 Å². The Hall–Kier alpha value is -3.47. The van der Waals surface area contributed by atoms with Gasteiger partial charge in [-0.2, -0.15) is 10.3 Å².